The molecule has 1 N–H and O–H groups in total. The van der Waals surface area contributed by atoms with Crippen LogP contribution in [-0.4, -0.2) is 53.3 Å². The summed E-state index contributed by atoms with van der Waals surface area (Å²) < 4.78 is 1.89. The molecule has 0 amide bonds. The Hall–Kier alpha value is -2.87. The predicted octanol–water partition coefficient (Wildman–Crippen LogP) is 2.99. The van der Waals surface area contributed by atoms with E-state index in [4.69, 9.17) is 4.99 Å². The summed E-state index contributed by atoms with van der Waals surface area (Å²) in [4.78, 5) is 13.5. The minimum Gasteiger partial charge on any atom is -0.357 e. The molecule has 2 heterocycles. The zero-order valence-electron chi connectivity index (χ0n) is 16.8. The number of nitrogens with zero attached hydrogens (tertiary/aromatic N) is 6. The van der Waals surface area contributed by atoms with Crippen LogP contribution in [0.5, 0.6) is 0 Å². The van der Waals surface area contributed by atoms with Gasteiger partial charge in [0.15, 0.2) is 11.1 Å². The molecule has 0 saturated carbocycles. The highest BCUT2D eigenvalue weighted by atomic mass is 32.1. The molecule has 0 atom stereocenters. The summed E-state index contributed by atoms with van der Waals surface area (Å²) in [6.07, 6.45) is 3.95. The first-order valence-corrected chi connectivity index (χ1v) is 10.1. The van der Waals surface area contributed by atoms with Crippen molar-refractivity contribution in [2.24, 2.45) is 4.99 Å². The molecule has 0 unspecified atom stereocenters. The highest BCUT2D eigenvalue weighted by Crippen LogP contribution is 2.18. The normalized spacial score (nSPS) is 11.5. The Morgan fingerprint density at radius 2 is 2.00 bits per heavy atom. The van der Waals surface area contributed by atoms with Crippen molar-refractivity contribution >= 4 is 22.4 Å². The first-order valence-electron chi connectivity index (χ1n) is 9.27. The van der Waals surface area contributed by atoms with E-state index in [9.17, 15) is 0 Å². The number of guanidine groups is 1. The number of hydrogen-bond donors (Lipinski definition) is 1. The number of thiazole rings is 1. The topological polar surface area (TPSA) is 61.6 Å². The van der Waals surface area contributed by atoms with E-state index in [1.54, 1.807) is 11.3 Å². The fourth-order valence-electron chi connectivity index (χ4n) is 2.71. The van der Waals surface area contributed by atoms with Crippen molar-refractivity contribution in [2.75, 3.05) is 32.6 Å². The van der Waals surface area contributed by atoms with Crippen molar-refractivity contribution in [3.63, 3.8) is 0 Å². The third-order valence-corrected chi connectivity index (χ3v) is 5.14. The molecule has 3 rings (SSSR count). The smallest absolute Gasteiger partial charge is 0.194 e. The zero-order chi connectivity index (χ0) is 19.9. The van der Waals surface area contributed by atoms with Crippen LogP contribution in [-0.2, 0) is 13.1 Å². The average molecular weight is 398 g/mol. The Bertz CT molecular complexity index is 898. The number of anilines is 1. The number of benzene rings is 1. The molecule has 0 saturated heterocycles. The van der Waals surface area contributed by atoms with E-state index in [0.29, 0.717) is 6.54 Å². The highest BCUT2D eigenvalue weighted by Gasteiger charge is 2.10. The lowest BCUT2D eigenvalue weighted by Crippen LogP contribution is -2.38. The molecule has 0 fully saturated rings. The average Bonchev–Trinajstić information content (AvgIpc) is 3.35. The van der Waals surface area contributed by atoms with Crippen LogP contribution in [0.15, 0.2) is 53.1 Å². The van der Waals surface area contributed by atoms with Gasteiger partial charge in [-0.15, -0.1) is 11.3 Å². The molecule has 148 valence electrons. The van der Waals surface area contributed by atoms with Gasteiger partial charge in [-0.1, -0.05) is 18.2 Å². The second-order valence-electron chi connectivity index (χ2n) is 6.67. The Balaban J connectivity index is 1.67. The first-order chi connectivity index (χ1) is 13.6. The number of aromatic nitrogens is 3. The van der Waals surface area contributed by atoms with Gasteiger partial charge in [-0.2, -0.15) is 5.10 Å². The molecule has 3 aromatic rings. The van der Waals surface area contributed by atoms with Crippen LogP contribution in [0.1, 0.15) is 18.2 Å². The Morgan fingerprint density at radius 3 is 2.68 bits per heavy atom. The van der Waals surface area contributed by atoms with Crippen LogP contribution in [0.25, 0.3) is 5.69 Å². The van der Waals surface area contributed by atoms with E-state index in [1.807, 2.05) is 67.3 Å². The lowest BCUT2D eigenvalue weighted by Gasteiger charge is -2.21. The minimum absolute atomic E-state index is 0.556. The molecule has 2 aromatic heterocycles. The van der Waals surface area contributed by atoms with Gasteiger partial charge >= 0.3 is 0 Å². The molecule has 0 aliphatic heterocycles. The Morgan fingerprint density at radius 1 is 1.21 bits per heavy atom. The van der Waals surface area contributed by atoms with E-state index >= 15 is 0 Å². The van der Waals surface area contributed by atoms with E-state index in [1.165, 1.54) is 0 Å². The van der Waals surface area contributed by atoms with E-state index < -0.39 is 0 Å². The molecule has 28 heavy (non-hydrogen) atoms. The second-order valence-corrected chi connectivity index (χ2v) is 7.51. The molecule has 0 aliphatic carbocycles. The van der Waals surface area contributed by atoms with Crippen LogP contribution >= 0.6 is 11.3 Å². The standard InChI is InChI=1S/C20H27N7S/c1-5-21-19(22-12-17-15-28-20(24-17)25(2)3)26(4)13-16-11-23-27(14-16)18-9-7-6-8-10-18/h6-11,14-15H,5,12-13H2,1-4H3,(H,21,22). The fraction of sp³-hybridized carbons (Fsp3) is 0.350. The number of aliphatic imine (C=N–C) groups is 1. The van der Waals surface area contributed by atoms with Gasteiger partial charge in [0.1, 0.15) is 0 Å². The van der Waals surface area contributed by atoms with Crippen molar-refractivity contribution in [1.82, 2.24) is 25.0 Å². The fourth-order valence-corrected chi connectivity index (χ4v) is 3.46. The maximum atomic E-state index is 4.75. The van der Waals surface area contributed by atoms with Gasteiger partial charge in [0.25, 0.3) is 0 Å². The van der Waals surface area contributed by atoms with E-state index in [2.05, 4.69) is 38.8 Å². The monoisotopic (exact) mass is 397 g/mol. The zero-order valence-corrected chi connectivity index (χ0v) is 17.6. The third-order valence-electron chi connectivity index (χ3n) is 4.09. The summed E-state index contributed by atoms with van der Waals surface area (Å²) in [5.41, 5.74) is 3.16. The van der Waals surface area contributed by atoms with Gasteiger partial charge in [0.2, 0.25) is 0 Å². The van der Waals surface area contributed by atoms with Crippen LogP contribution in [0.2, 0.25) is 0 Å². The molecule has 1 aromatic carbocycles. The second kappa shape index (κ2) is 9.36. The lowest BCUT2D eigenvalue weighted by atomic mass is 10.3. The summed E-state index contributed by atoms with van der Waals surface area (Å²) in [7, 11) is 6.03. The van der Waals surface area contributed by atoms with Gasteiger partial charge in [0.05, 0.1) is 24.1 Å². The number of nitrogens with one attached hydrogen (secondary N) is 1. The predicted molar refractivity (Wildman–Crippen MR) is 116 cm³/mol. The van der Waals surface area contributed by atoms with Gasteiger partial charge < -0.3 is 15.1 Å². The number of para-hydroxylation sites is 1. The van der Waals surface area contributed by atoms with E-state index in [-0.39, 0.29) is 0 Å². The highest BCUT2D eigenvalue weighted by molar-refractivity contribution is 7.13. The van der Waals surface area contributed by atoms with Gasteiger partial charge in [-0.25, -0.2) is 14.7 Å². The first kappa shape index (κ1) is 19.9. The minimum atomic E-state index is 0.556. The molecular weight excluding hydrogens is 370 g/mol. The lowest BCUT2D eigenvalue weighted by molar-refractivity contribution is 0.476. The van der Waals surface area contributed by atoms with Gasteiger partial charge in [-0.3, -0.25) is 0 Å². The maximum Gasteiger partial charge on any atom is 0.194 e. The van der Waals surface area contributed by atoms with Crippen LogP contribution in [0, 0.1) is 0 Å². The van der Waals surface area contributed by atoms with Crippen LogP contribution in [0.3, 0.4) is 0 Å². The van der Waals surface area contributed by atoms with E-state index in [0.717, 1.165) is 41.1 Å². The molecule has 8 heteroatoms. The molecule has 0 spiro atoms. The Labute approximate surface area is 170 Å². The van der Waals surface area contributed by atoms with Crippen molar-refractivity contribution in [1.29, 1.82) is 0 Å². The summed E-state index contributed by atoms with van der Waals surface area (Å²) >= 11 is 1.63. The van der Waals surface area contributed by atoms with Gasteiger partial charge in [-0.05, 0) is 19.1 Å². The number of hydrogen-bond acceptors (Lipinski definition) is 5. The largest absolute Gasteiger partial charge is 0.357 e. The molecule has 0 aliphatic rings. The molecular formula is C20H27N7S. The molecule has 0 radical (unpaired) electrons. The van der Waals surface area contributed by atoms with Crippen LogP contribution in [0.4, 0.5) is 5.13 Å². The quantitative estimate of drug-likeness (QED) is 0.491. The van der Waals surface area contributed by atoms with Crippen LogP contribution < -0.4 is 10.2 Å². The Kier molecular flexibility index (Phi) is 6.65. The SMILES string of the molecule is CCNC(=NCc1csc(N(C)C)n1)N(C)Cc1cnn(-c2ccccc2)c1. The molecule has 0 bridgehead atoms. The van der Waals surface area contributed by atoms with Crippen molar-refractivity contribution in [2.45, 2.75) is 20.0 Å². The van der Waals surface area contributed by atoms with Crippen molar-refractivity contribution in [3.8, 4) is 5.69 Å². The molecule has 7 nitrogen and oxygen atoms in total. The summed E-state index contributed by atoms with van der Waals surface area (Å²) in [5.74, 6) is 0.856. The summed E-state index contributed by atoms with van der Waals surface area (Å²) in [5, 5.41) is 10.9. The maximum absolute atomic E-state index is 4.75. The summed E-state index contributed by atoms with van der Waals surface area (Å²) in [6.45, 7) is 4.16. The third kappa shape index (κ3) is 5.10. The summed E-state index contributed by atoms with van der Waals surface area (Å²) in [6, 6.07) is 10.1. The van der Waals surface area contributed by atoms with Crippen molar-refractivity contribution in [3.05, 3.63) is 59.4 Å². The van der Waals surface area contributed by atoms with Crippen molar-refractivity contribution < 1.29 is 0 Å². The van der Waals surface area contributed by atoms with Gasteiger partial charge in [0, 0.05) is 51.4 Å². The number of rotatable bonds is 7.